The minimum atomic E-state index is -0.537. The van der Waals surface area contributed by atoms with Crippen LogP contribution in [0.3, 0.4) is 0 Å². The number of benzene rings is 1. The predicted octanol–water partition coefficient (Wildman–Crippen LogP) is 3.35. The van der Waals surface area contributed by atoms with Crippen LogP contribution in [0.15, 0.2) is 23.2 Å². The van der Waals surface area contributed by atoms with Crippen molar-refractivity contribution in [1.29, 1.82) is 0 Å². The SMILES string of the molecule is CCC(c1ccc(F)cc1F)N1CCN(C(=NC)NCc2nnc3n2CCCC3)CC1.I. The number of fused-ring (bicyclic) bond motifs is 1. The van der Waals surface area contributed by atoms with Crippen LogP contribution < -0.4 is 5.32 Å². The number of aromatic nitrogens is 3. The normalized spacial score (nSPS) is 18.1. The molecule has 7 nitrogen and oxygen atoms in total. The standard InChI is InChI=1S/C22H31F2N7.HI/c1-3-19(17-8-7-16(23)14-18(17)24)29-10-12-30(13-11-29)22(25-2)26-15-21-28-27-20-6-4-5-9-31(20)21;/h7-8,14,19H,3-6,9-13,15H2,1-2H3,(H,25,26);1H. The maximum Gasteiger partial charge on any atom is 0.194 e. The quantitative estimate of drug-likeness (QED) is 0.346. The van der Waals surface area contributed by atoms with Crippen LogP contribution in [0.5, 0.6) is 0 Å². The summed E-state index contributed by atoms with van der Waals surface area (Å²) in [6, 6.07) is 3.83. The van der Waals surface area contributed by atoms with Gasteiger partial charge in [-0.1, -0.05) is 13.0 Å². The Morgan fingerprint density at radius 2 is 1.91 bits per heavy atom. The van der Waals surface area contributed by atoms with Crippen molar-refractivity contribution in [3.63, 3.8) is 0 Å². The average molecular weight is 559 g/mol. The molecule has 1 unspecified atom stereocenters. The molecule has 1 aromatic carbocycles. The van der Waals surface area contributed by atoms with Gasteiger partial charge >= 0.3 is 0 Å². The Kier molecular flexibility index (Phi) is 8.80. The van der Waals surface area contributed by atoms with Gasteiger partial charge in [0.15, 0.2) is 11.8 Å². The maximum absolute atomic E-state index is 14.3. The number of guanidine groups is 1. The fourth-order valence-electron chi connectivity index (χ4n) is 4.68. The molecule has 0 aliphatic carbocycles. The van der Waals surface area contributed by atoms with Crippen LogP contribution >= 0.6 is 24.0 Å². The van der Waals surface area contributed by atoms with Crippen molar-refractivity contribution in [2.75, 3.05) is 33.2 Å². The largest absolute Gasteiger partial charge is 0.349 e. The molecule has 0 radical (unpaired) electrons. The predicted molar refractivity (Wildman–Crippen MR) is 131 cm³/mol. The summed E-state index contributed by atoms with van der Waals surface area (Å²) in [5.41, 5.74) is 0.566. The molecule has 176 valence electrons. The molecule has 3 heterocycles. The van der Waals surface area contributed by atoms with E-state index in [-0.39, 0.29) is 30.0 Å². The van der Waals surface area contributed by atoms with Gasteiger partial charge in [-0.2, -0.15) is 0 Å². The second-order valence-corrected chi connectivity index (χ2v) is 8.15. The second-order valence-electron chi connectivity index (χ2n) is 8.15. The number of hydrogen-bond donors (Lipinski definition) is 1. The van der Waals surface area contributed by atoms with E-state index in [0.29, 0.717) is 12.1 Å². The summed E-state index contributed by atoms with van der Waals surface area (Å²) in [6.07, 6.45) is 4.12. The Bertz CT molecular complexity index is 925. The molecule has 0 amide bonds. The average Bonchev–Trinajstić information content (AvgIpc) is 3.20. The van der Waals surface area contributed by atoms with Crippen LogP contribution in [0, 0.1) is 11.6 Å². The van der Waals surface area contributed by atoms with Crippen LogP contribution in [0.25, 0.3) is 0 Å². The summed E-state index contributed by atoms with van der Waals surface area (Å²) in [4.78, 5) is 8.94. The molecule has 0 saturated carbocycles. The molecule has 1 saturated heterocycles. The molecule has 0 spiro atoms. The number of aryl methyl sites for hydroxylation is 1. The monoisotopic (exact) mass is 559 g/mol. The first-order valence-electron chi connectivity index (χ1n) is 11.2. The molecule has 32 heavy (non-hydrogen) atoms. The van der Waals surface area contributed by atoms with E-state index in [1.165, 1.54) is 18.9 Å². The van der Waals surface area contributed by atoms with E-state index in [1.807, 2.05) is 6.92 Å². The van der Waals surface area contributed by atoms with Crippen LogP contribution in [-0.4, -0.2) is 63.8 Å². The highest BCUT2D eigenvalue weighted by molar-refractivity contribution is 14.0. The van der Waals surface area contributed by atoms with Gasteiger partial charge in [-0.15, -0.1) is 34.2 Å². The van der Waals surface area contributed by atoms with Crippen LogP contribution in [0.1, 0.15) is 49.4 Å². The third-order valence-corrected chi connectivity index (χ3v) is 6.32. The summed E-state index contributed by atoms with van der Waals surface area (Å²) >= 11 is 0. The molecule has 10 heteroatoms. The fourth-order valence-corrected chi connectivity index (χ4v) is 4.68. The van der Waals surface area contributed by atoms with Crippen LogP contribution in [0.4, 0.5) is 8.78 Å². The van der Waals surface area contributed by atoms with Crippen molar-refractivity contribution >= 4 is 29.9 Å². The molecule has 1 atom stereocenters. The van der Waals surface area contributed by atoms with Crippen molar-refractivity contribution in [3.05, 3.63) is 47.0 Å². The van der Waals surface area contributed by atoms with E-state index in [0.717, 1.165) is 69.2 Å². The topological polar surface area (TPSA) is 61.6 Å². The minimum Gasteiger partial charge on any atom is -0.349 e. The number of nitrogens with zero attached hydrogens (tertiary/aromatic N) is 6. The fraction of sp³-hybridized carbons (Fsp3) is 0.591. The molecular formula is C22H32F2IN7. The highest BCUT2D eigenvalue weighted by atomic mass is 127. The van der Waals surface area contributed by atoms with Gasteiger partial charge in [-0.05, 0) is 25.3 Å². The first-order valence-corrected chi connectivity index (χ1v) is 11.2. The summed E-state index contributed by atoms with van der Waals surface area (Å²) in [6.45, 7) is 6.77. The zero-order chi connectivity index (χ0) is 21.8. The Morgan fingerprint density at radius 1 is 1.12 bits per heavy atom. The van der Waals surface area contributed by atoms with E-state index in [9.17, 15) is 8.78 Å². The Hall–Kier alpha value is -1.82. The van der Waals surface area contributed by atoms with Gasteiger partial charge in [-0.25, -0.2) is 8.78 Å². The van der Waals surface area contributed by atoms with E-state index in [4.69, 9.17) is 0 Å². The first kappa shape index (κ1) is 24.8. The van der Waals surface area contributed by atoms with Crippen molar-refractivity contribution < 1.29 is 8.78 Å². The third-order valence-electron chi connectivity index (χ3n) is 6.32. The van der Waals surface area contributed by atoms with Crippen molar-refractivity contribution in [1.82, 2.24) is 29.9 Å². The second kappa shape index (κ2) is 11.4. The maximum atomic E-state index is 14.3. The van der Waals surface area contributed by atoms with Gasteiger partial charge in [0.05, 0.1) is 6.54 Å². The Morgan fingerprint density at radius 3 is 2.59 bits per heavy atom. The summed E-state index contributed by atoms with van der Waals surface area (Å²) < 4.78 is 29.9. The minimum absolute atomic E-state index is 0. The zero-order valence-corrected chi connectivity index (χ0v) is 21.1. The highest BCUT2D eigenvalue weighted by Gasteiger charge is 2.27. The van der Waals surface area contributed by atoms with Crippen molar-refractivity contribution in [3.8, 4) is 0 Å². The van der Waals surface area contributed by atoms with Crippen molar-refractivity contribution in [2.24, 2.45) is 4.99 Å². The molecule has 2 aliphatic rings. The van der Waals surface area contributed by atoms with E-state index in [2.05, 4.69) is 34.9 Å². The van der Waals surface area contributed by atoms with Gasteiger partial charge in [0.2, 0.25) is 0 Å². The highest BCUT2D eigenvalue weighted by Crippen LogP contribution is 2.28. The molecule has 4 rings (SSSR count). The van der Waals surface area contributed by atoms with Gasteiger partial charge in [0.25, 0.3) is 0 Å². The molecule has 2 aliphatic heterocycles. The Labute approximate surface area is 205 Å². The van der Waals surface area contributed by atoms with Crippen LogP contribution in [0.2, 0.25) is 0 Å². The van der Waals surface area contributed by atoms with Crippen LogP contribution in [-0.2, 0) is 19.5 Å². The zero-order valence-electron chi connectivity index (χ0n) is 18.7. The van der Waals surface area contributed by atoms with E-state index >= 15 is 0 Å². The van der Waals surface area contributed by atoms with Gasteiger partial charge in [0, 0.05) is 63.9 Å². The number of piperazine rings is 1. The molecule has 1 fully saturated rings. The first-order chi connectivity index (χ1) is 15.1. The molecule has 2 aromatic rings. The summed E-state index contributed by atoms with van der Waals surface area (Å²) in [5, 5.41) is 12.1. The van der Waals surface area contributed by atoms with Crippen molar-refractivity contribution in [2.45, 2.75) is 51.7 Å². The third kappa shape index (κ3) is 5.38. The van der Waals surface area contributed by atoms with Gasteiger partial charge in [-0.3, -0.25) is 9.89 Å². The molecular weight excluding hydrogens is 527 g/mol. The Balaban J connectivity index is 0.00000289. The van der Waals surface area contributed by atoms with E-state index in [1.54, 1.807) is 13.1 Å². The van der Waals surface area contributed by atoms with Gasteiger partial charge in [0.1, 0.15) is 17.5 Å². The summed E-state index contributed by atoms with van der Waals surface area (Å²) in [5.74, 6) is 1.86. The number of halogens is 3. The van der Waals surface area contributed by atoms with Gasteiger partial charge < -0.3 is 14.8 Å². The molecule has 1 aromatic heterocycles. The number of hydrogen-bond acceptors (Lipinski definition) is 4. The lowest BCUT2D eigenvalue weighted by molar-refractivity contribution is 0.124. The number of nitrogens with one attached hydrogen (secondary N) is 1. The lowest BCUT2D eigenvalue weighted by Crippen LogP contribution is -2.53. The van der Waals surface area contributed by atoms with E-state index < -0.39 is 11.6 Å². The summed E-state index contributed by atoms with van der Waals surface area (Å²) in [7, 11) is 1.79. The lowest BCUT2D eigenvalue weighted by atomic mass is 10.0. The number of rotatable bonds is 5. The lowest BCUT2D eigenvalue weighted by Gasteiger charge is -2.40. The smallest absolute Gasteiger partial charge is 0.194 e. The molecule has 0 bridgehead atoms. The number of aliphatic imine (C=N–C) groups is 1. The molecule has 1 N–H and O–H groups in total.